The molecule has 140 valence electrons. The molecule has 0 amide bonds. The summed E-state index contributed by atoms with van der Waals surface area (Å²) in [6.07, 6.45) is -2.72. The lowest BCUT2D eigenvalue weighted by atomic mass is 9.81. The number of halogens is 3. The number of rotatable bonds is 9. The molecule has 0 bridgehead atoms. The molecule has 1 heterocycles. The first-order chi connectivity index (χ1) is 11.0. The highest BCUT2D eigenvalue weighted by Crippen LogP contribution is 2.34. The van der Waals surface area contributed by atoms with Gasteiger partial charge in [-0.2, -0.15) is 13.2 Å². The summed E-state index contributed by atoms with van der Waals surface area (Å²) < 4.78 is 37.9. The Morgan fingerprint density at radius 3 is 2.21 bits per heavy atom. The minimum absolute atomic E-state index is 0.0303. The van der Waals surface area contributed by atoms with Gasteiger partial charge in [0, 0.05) is 6.54 Å². The van der Waals surface area contributed by atoms with Crippen LogP contribution in [0.15, 0.2) is 0 Å². The van der Waals surface area contributed by atoms with Crippen LogP contribution in [0.4, 0.5) is 13.2 Å². The molecule has 1 aliphatic rings. The molecule has 0 aliphatic carbocycles. The van der Waals surface area contributed by atoms with Crippen molar-refractivity contribution in [1.82, 2.24) is 4.90 Å². The number of likely N-dealkylation sites (tertiary alicyclic amines) is 1. The minimum atomic E-state index is -4.16. The van der Waals surface area contributed by atoms with Gasteiger partial charge < -0.3 is 25.8 Å². The lowest BCUT2D eigenvalue weighted by molar-refractivity contribution is -0.185. The predicted octanol–water partition coefficient (Wildman–Crippen LogP) is 1.08. The molecule has 1 unspecified atom stereocenters. The van der Waals surface area contributed by atoms with E-state index in [1.54, 1.807) is 0 Å². The van der Waals surface area contributed by atoms with Crippen LogP contribution in [0.1, 0.15) is 38.5 Å². The Kier molecular flexibility index (Phi) is 7.98. The van der Waals surface area contributed by atoms with Crippen molar-refractivity contribution < 1.29 is 33.1 Å². The fourth-order valence-electron chi connectivity index (χ4n) is 2.95. The standard InChI is InChI=1S/C14H26BF3N2O4/c16-14(17,18)11-3-8-20(9-4-11)10-6-13(19,12(21)22)5-1-2-7-15(23)24/h11,23-24H,1-10,19H2,(H,21,22). The summed E-state index contributed by atoms with van der Waals surface area (Å²) in [5.41, 5.74) is 4.50. The highest BCUT2D eigenvalue weighted by molar-refractivity contribution is 6.40. The molecule has 1 fully saturated rings. The first-order valence-corrected chi connectivity index (χ1v) is 8.22. The molecule has 10 heteroatoms. The number of carboxylic acids is 1. The third-order valence-electron chi connectivity index (χ3n) is 4.69. The van der Waals surface area contributed by atoms with E-state index in [1.165, 1.54) is 0 Å². The lowest BCUT2D eigenvalue weighted by Crippen LogP contribution is -2.51. The van der Waals surface area contributed by atoms with E-state index in [4.69, 9.17) is 15.8 Å². The van der Waals surface area contributed by atoms with Crippen LogP contribution in [0, 0.1) is 5.92 Å². The Balaban J connectivity index is 2.40. The van der Waals surface area contributed by atoms with Gasteiger partial charge in [0.15, 0.2) is 0 Å². The van der Waals surface area contributed by atoms with Crippen molar-refractivity contribution in [2.24, 2.45) is 11.7 Å². The second-order valence-corrected chi connectivity index (χ2v) is 6.60. The summed E-state index contributed by atoms with van der Waals surface area (Å²) in [7, 11) is -1.42. The van der Waals surface area contributed by atoms with Gasteiger partial charge in [-0.05, 0) is 45.1 Å². The van der Waals surface area contributed by atoms with Crippen molar-refractivity contribution in [3.8, 4) is 0 Å². The van der Waals surface area contributed by atoms with Crippen molar-refractivity contribution in [3.05, 3.63) is 0 Å². The number of carboxylic acid groups (broad SMARTS) is 1. The van der Waals surface area contributed by atoms with Gasteiger partial charge in [-0.1, -0.05) is 12.8 Å². The molecule has 0 radical (unpaired) electrons. The molecule has 1 atom stereocenters. The fraction of sp³-hybridized carbons (Fsp3) is 0.929. The molecule has 5 N–H and O–H groups in total. The number of unbranched alkanes of at least 4 members (excludes halogenated alkanes) is 1. The Labute approximate surface area is 140 Å². The van der Waals surface area contributed by atoms with Crippen LogP contribution in [-0.2, 0) is 4.79 Å². The van der Waals surface area contributed by atoms with Gasteiger partial charge in [-0.25, -0.2) is 0 Å². The Bertz CT molecular complexity index is 404. The quantitative estimate of drug-likeness (QED) is 0.365. The van der Waals surface area contributed by atoms with Gasteiger partial charge in [-0.3, -0.25) is 4.79 Å². The molecule has 0 aromatic carbocycles. The van der Waals surface area contributed by atoms with Crippen molar-refractivity contribution in [2.75, 3.05) is 19.6 Å². The minimum Gasteiger partial charge on any atom is -0.480 e. The average molecular weight is 354 g/mol. The number of nitrogens with two attached hydrogens (primary N) is 1. The van der Waals surface area contributed by atoms with Crippen molar-refractivity contribution in [1.29, 1.82) is 0 Å². The van der Waals surface area contributed by atoms with Gasteiger partial charge >= 0.3 is 19.3 Å². The predicted molar refractivity (Wildman–Crippen MR) is 83.2 cm³/mol. The zero-order valence-electron chi connectivity index (χ0n) is 13.6. The molecular formula is C14H26BF3N2O4. The molecule has 1 rings (SSSR count). The SMILES string of the molecule is NC(CCCCB(O)O)(CCN1CCC(C(F)(F)F)CC1)C(=O)O. The summed E-state index contributed by atoms with van der Waals surface area (Å²) in [4.78, 5) is 13.2. The highest BCUT2D eigenvalue weighted by Gasteiger charge is 2.41. The van der Waals surface area contributed by atoms with E-state index >= 15 is 0 Å². The molecule has 1 saturated heterocycles. The second kappa shape index (κ2) is 9.03. The first-order valence-electron chi connectivity index (χ1n) is 8.22. The van der Waals surface area contributed by atoms with Crippen molar-refractivity contribution >= 4 is 13.1 Å². The first kappa shape index (κ1) is 21.2. The number of carbonyl (C=O) groups is 1. The summed E-state index contributed by atoms with van der Waals surface area (Å²) in [5.74, 6) is -2.42. The number of alkyl halides is 3. The fourth-order valence-corrected chi connectivity index (χ4v) is 2.95. The van der Waals surface area contributed by atoms with Crippen LogP contribution in [-0.4, -0.2) is 64.5 Å². The van der Waals surface area contributed by atoms with E-state index in [-0.39, 0.29) is 45.1 Å². The number of piperidine rings is 1. The van der Waals surface area contributed by atoms with E-state index in [2.05, 4.69) is 0 Å². The van der Waals surface area contributed by atoms with Crippen LogP contribution >= 0.6 is 0 Å². The largest absolute Gasteiger partial charge is 0.480 e. The molecule has 0 saturated carbocycles. The van der Waals surface area contributed by atoms with E-state index in [9.17, 15) is 23.1 Å². The average Bonchev–Trinajstić information content (AvgIpc) is 2.49. The Hall–Kier alpha value is -0.835. The molecule has 0 aromatic rings. The molecule has 0 aromatic heterocycles. The van der Waals surface area contributed by atoms with Gasteiger partial charge in [0.25, 0.3) is 0 Å². The number of hydrogen-bond donors (Lipinski definition) is 4. The van der Waals surface area contributed by atoms with Crippen LogP contribution in [0.25, 0.3) is 0 Å². The lowest BCUT2D eigenvalue weighted by Gasteiger charge is -2.35. The van der Waals surface area contributed by atoms with Gasteiger partial charge in [0.05, 0.1) is 5.92 Å². The zero-order valence-corrected chi connectivity index (χ0v) is 13.6. The summed E-state index contributed by atoms with van der Waals surface area (Å²) in [6.45, 7) is 0.920. The molecule has 0 spiro atoms. The monoisotopic (exact) mass is 354 g/mol. The second-order valence-electron chi connectivity index (χ2n) is 6.60. The van der Waals surface area contributed by atoms with E-state index in [0.29, 0.717) is 19.4 Å². The third kappa shape index (κ3) is 6.96. The van der Waals surface area contributed by atoms with Gasteiger partial charge in [0.1, 0.15) is 5.54 Å². The topological polar surface area (TPSA) is 107 Å². The molecule has 1 aliphatic heterocycles. The summed E-state index contributed by atoms with van der Waals surface area (Å²) in [6, 6.07) is 0. The van der Waals surface area contributed by atoms with E-state index < -0.39 is 30.7 Å². The maximum Gasteiger partial charge on any atom is 0.451 e. The smallest absolute Gasteiger partial charge is 0.451 e. The summed E-state index contributed by atoms with van der Waals surface area (Å²) in [5, 5.41) is 26.9. The van der Waals surface area contributed by atoms with Crippen LogP contribution in [0.2, 0.25) is 6.32 Å². The van der Waals surface area contributed by atoms with Gasteiger partial charge in [0.2, 0.25) is 0 Å². The normalized spacial score (nSPS) is 19.9. The van der Waals surface area contributed by atoms with Crippen LogP contribution in [0.3, 0.4) is 0 Å². The zero-order chi connectivity index (χ0) is 18.4. The highest BCUT2D eigenvalue weighted by atomic mass is 19.4. The number of hydrogen-bond acceptors (Lipinski definition) is 5. The van der Waals surface area contributed by atoms with Crippen molar-refractivity contribution in [3.63, 3.8) is 0 Å². The third-order valence-corrected chi connectivity index (χ3v) is 4.69. The molecule has 24 heavy (non-hydrogen) atoms. The maximum atomic E-state index is 12.6. The number of nitrogens with zero attached hydrogens (tertiary/aromatic N) is 1. The van der Waals surface area contributed by atoms with E-state index in [1.807, 2.05) is 4.90 Å². The Morgan fingerprint density at radius 1 is 1.17 bits per heavy atom. The molecule has 6 nitrogen and oxygen atoms in total. The van der Waals surface area contributed by atoms with Crippen molar-refractivity contribution in [2.45, 2.75) is 56.6 Å². The van der Waals surface area contributed by atoms with Crippen LogP contribution < -0.4 is 5.73 Å². The summed E-state index contributed by atoms with van der Waals surface area (Å²) >= 11 is 0. The van der Waals surface area contributed by atoms with Gasteiger partial charge in [-0.15, -0.1) is 0 Å². The Morgan fingerprint density at radius 2 is 1.75 bits per heavy atom. The maximum absolute atomic E-state index is 12.6. The van der Waals surface area contributed by atoms with Crippen LogP contribution in [0.5, 0.6) is 0 Å². The molecular weight excluding hydrogens is 328 g/mol. The number of aliphatic carboxylic acids is 1. The van der Waals surface area contributed by atoms with E-state index in [0.717, 1.165) is 0 Å².